The number of fused-ring (bicyclic) bond motifs is 7. The van der Waals surface area contributed by atoms with Gasteiger partial charge < -0.3 is 4.98 Å². The van der Waals surface area contributed by atoms with E-state index in [9.17, 15) is 4.79 Å². The Hall–Kier alpha value is -2.94. The van der Waals surface area contributed by atoms with Crippen LogP contribution in [0.25, 0.3) is 27.5 Å². The molecule has 3 heteroatoms. The number of hydrogen-bond donors (Lipinski definition) is 1. The van der Waals surface area contributed by atoms with E-state index in [-0.39, 0.29) is 5.78 Å². The number of H-pyrrole nitrogens is 1. The summed E-state index contributed by atoms with van der Waals surface area (Å²) in [5.41, 5.74) is 5.56. The molecule has 0 amide bonds. The lowest BCUT2D eigenvalue weighted by molar-refractivity contribution is -0.592. The van der Waals surface area contributed by atoms with Gasteiger partial charge in [-0.15, -0.1) is 0 Å². The van der Waals surface area contributed by atoms with Crippen LogP contribution in [-0.2, 0) is 0 Å². The van der Waals surface area contributed by atoms with E-state index in [4.69, 9.17) is 0 Å². The average molecular weight is 285 g/mol. The molecule has 0 saturated carbocycles. The van der Waals surface area contributed by atoms with E-state index in [1.54, 1.807) is 0 Å². The zero-order valence-electron chi connectivity index (χ0n) is 12.1. The molecule has 0 saturated heterocycles. The van der Waals surface area contributed by atoms with Gasteiger partial charge in [0.1, 0.15) is 11.1 Å². The van der Waals surface area contributed by atoms with E-state index in [0.717, 1.165) is 44.3 Å². The van der Waals surface area contributed by atoms with Gasteiger partial charge in [-0.05, 0) is 24.6 Å². The number of aryl methyl sites for hydroxylation is 1. The van der Waals surface area contributed by atoms with Crippen molar-refractivity contribution < 1.29 is 9.36 Å². The summed E-state index contributed by atoms with van der Waals surface area (Å²) in [6, 6.07) is 16.3. The molecular formula is C19H13N2O+. The number of aromatic amines is 1. The summed E-state index contributed by atoms with van der Waals surface area (Å²) >= 11 is 0. The molecular weight excluding hydrogens is 272 g/mol. The molecule has 0 aliphatic carbocycles. The second kappa shape index (κ2) is 3.83. The Labute approximate surface area is 126 Å². The van der Waals surface area contributed by atoms with E-state index in [0.29, 0.717) is 0 Å². The second-order valence-electron chi connectivity index (χ2n) is 5.84. The molecule has 0 unspecified atom stereocenters. The van der Waals surface area contributed by atoms with Crippen LogP contribution in [-0.4, -0.2) is 10.8 Å². The van der Waals surface area contributed by atoms with E-state index in [1.807, 2.05) is 54.1 Å². The summed E-state index contributed by atoms with van der Waals surface area (Å²) < 4.78 is 1.99. The number of nitrogens with zero attached hydrogens (tertiary/aromatic N) is 1. The maximum Gasteiger partial charge on any atom is 0.284 e. The Morgan fingerprint density at radius 3 is 2.77 bits per heavy atom. The Morgan fingerprint density at radius 2 is 1.86 bits per heavy atom. The van der Waals surface area contributed by atoms with Gasteiger partial charge in [0.2, 0.25) is 5.69 Å². The lowest BCUT2D eigenvalue weighted by atomic mass is 10.1. The van der Waals surface area contributed by atoms with Crippen molar-refractivity contribution in [3.63, 3.8) is 0 Å². The Kier molecular flexibility index (Phi) is 2.03. The number of nitrogens with one attached hydrogen (secondary N) is 1. The average Bonchev–Trinajstić information content (AvgIpc) is 3.04. The lowest BCUT2D eigenvalue weighted by Gasteiger charge is -1.95. The topological polar surface area (TPSA) is 36.7 Å². The molecule has 2 aromatic heterocycles. The summed E-state index contributed by atoms with van der Waals surface area (Å²) in [4.78, 5) is 16.3. The first-order chi connectivity index (χ1) is 10.7. The first-order valence-corrected chi connectivity index (χ1v) is 7.35. The maximum absolute atomic E-state index is 12.9. The van der Waals surface area contributed by atoms with E-state index >= 15 is 0 Å². The SMILES string of the molecule is Cc1ccc2c(c1)C(=O)c1c3[nH]c4ccccc4c3cc[n+]1-2. The summed E-state index contributed by atoms with van der Waals surface area (Å²) in [5, 5.41) is 2.25. The molecule has 22 heavy (non-hydrogen) atoms. The van der Waals surface area contributed by atoms with Crippen LogP contribution in [0.5, 0.6) is 0 Å². The quantitative estimate of drug-likeness (QED) is 0.435. The molecule has 3 heterocycles. The molecule has 104 valence electrons. The van der Waals surface area contributed by atoms with Crippen molar-refractivity contribution in [2.45, 2.75) is 6.92 Å². The monoisotopic (exact) mass is 285 g/mol. The number of rotatable bonds is 0. The molecule has 1 aliphatic rings. The zero-order valence-corrected chi connectivity index (χ0v) is 12.1. The van der Waals surface area contributed by atoms with Crippen LogP contribution in [0.3, 0.4) is 0 Å². The van der Waals surface area contributed by atoms with Gasteiger partial charge in [-0.3, -0.25) is 4.79 Å². The van der Waals surface area contributed by atoms with E-state index in [1.165, 1.54) is 0 Å². The van der Waals surface area contributed by atoms with Gasteiger partial charge in [0, 0.05) is 28.4 Å². The van der Waals surface area contributed by atoms with Crippen molar-refractivity contribution >= 4 is 27.6 Å². The van der Waals surface area contributed by atoms with Gasteiger partial charge >= 0.3 is 0 Å². The smallest absolute Gasteiger partial charge is 0.284 e. The molecule has 0 spiro atoms. The summed E-state index contributed by atoms with van der Waals surface area (Å²) in [6.07, 6.45) is 2.00. The van der Waals surface area contributed by atoms with Crippen LogP contribution in [0.1, 0.15) is 21.6 Å². The fourth-order valence-corrected chi connectivity index (χ4v) is 3.46. The Balaban J connectivity index is 1.94. The highest BCUT2D eigenvalue weighted by Crippen LogP contribution is 2.31. The van der Waals surface area contributed by atoms with Gasteiger partial charge in [-0.1, -0.05) is 24.3 Å². The third kappa shape index (κ3) is 1.31. The van der Waals surface area contributed by atoms with Crippen molar-refractivity contribution in [1.82, 2.24) is 4.98 Å². The normalized spacial score (nSPS) is 12.9. The van der Waals surface area contributed by atoms with Crippen molar-refractivity contribution in [2.24, 2.45) is 0 Å². The minimum Gasteiger partial charge on any atom is -0.349 e. The molecule has 0 atom stereocenters. The Morgan fingerprint density at radius 1 is 1.00 bits per heavy atom. The largest absolute Gasteiger partial charge is 0.349 e. The molecule has 1 N–H and O–H groups in total. The van der Waals surface area contributed by atoms with Crippen LogP contribution in [0.2, 0.25) is 0 Å². The van der Waals surface area contributed by atoms with E-state index in [2.05, 4.69) is 17.1 Å². The third-order valence-electron chi connectivity index (χ3n) is 4.49. The molecule has 2 aromatic carbocycles. The lowest BCUT2D eigenvalue weighted by Crippen LogP contribution is -2.32. The standard InChI is InChI=1S/C19H12N2O/c1-11-6-7-16-14(10-11)19(22)18-17-13(8-9-21(16)18)12-4-2-3-5-15(12)20-17/h2-10H,1H3/p+1. The fraction of sp³-hybridized carbons (Fsp3) is 0.0526. The number of ketones is 1. The van der Waals surface area contributed by atoms with Crippen LogP contribution < -0.4 is 4.57 Å². The van der Waals surface area contributed by atoms with Gasteiger partial charge in [0.05, 0.1) is 0 Å². The third-order valence-corrected chi connectivity index (χ3v) is 4.49. The predicted octanol–water partition coefficient (Wildman–Crippen LogP) is 3.45. The number of carbonyl (C=O) groups excluding carboxylic acids is 1. The molecule has 0 bridgehead atoms. The summed E-state index contributed by atoms with van der Waals surface area (Å²) in [6.45, 7) is 2.01. The zero-order chi connectivity index (χ0) is 14.8. The van der Waals surface area contributed by atoms with Crippen molar-refractivity contribution in [1.29, 1.82) is 0 Å². The highest BCUT2D eigenvalue weighted by Gasteiger charge is 2.38. The first kappa shape index (κ1) is 11.7. The van der Waals surface area contributed by atoms with E-state index < -0.39 is 0 Å². The van der Waals surface area contributed by atoms with Gasteiger partial charge in [-0.25, -0.2) is 0 Å². The van der Waals surface area contributed by atoms with Crippen molar-refractivity contribution in [2.75, 3.05) is 0 Å². The molecule has 5 rings (SSSR count). The maximum atomic E-state index is 12.9. The van der Waals surface area contributed by atoms with Gasteiger partial charge in [0.25, 0.3) is 11.5 Å². The second-order valence-corrected chi connectivity index (χ2v) is 5.84. The number of pyridine rings is 1. The number of para-hydroxylation sites is 1. The molecule has 4 aromatic rings. The predicted molar refractivity (Wildman–Crippen MR) is 85.5 cm³/mol. The number of benzene rings is 2. The number of carbonyl (C=O) groups is 1. The van der Waals surface area contributed by atoms with Crippen LogP contribution in [0, 0.1) is 6.92 Å². The van der Waals surface area contributed by atoms with Crippen LogP contribution in [0.15, 0.2) is 54.7 Å². The van der Waals surface area contributed by atoms with Crippen LogP contribution >= 0.6 is 0 Å². The highest BCUT2D eigenvalue weighted by atomic mass is 16.1. The molecule has 0 radical (unpaired) electrons. The Bertz CT molecular complexity index is 1110. The first-order valence-electron chi connectivity index (χ1n) is 7.35. The fourth-order valence-electron chi connectivity index (χ4n) is 3.46. The van der Waals surface area contributed by atoms with Gasteiger partial charge in [0.15, 0.2) is 6.20 Å². The minimum absolute atomic E-state index is 0.0934. The summed E-state index contributed by atoms with van der Waals surface area (Å²) in [7, 11) is 0. The molecule has 0 fully saturated rings. The van der Waals surface area contributed by atoms with Gasteiger partial charge in [-0.2, -0.15) is 4.57 Å². The summed E-state index contributed by atoms with van der Waals surface area (Å²) in [5.74, 6) is 0.0934. The molecule has 3 nitrogen and oxygen atoms in total. The van der Waals surface area contributed by atoms with Crippen molar-refractivity contribution in [3.8, 4) is 5.69 Å². The highest BCUT2D eigenvalue weighted by molar-refractivity contribution is 6.20. The molecule has 1 aliphatic heterocycles. The van der Waals surface area contributed by atoms with Crippen molar-refractivity contribution in [3.05, 3.63) is 71.5 Å². The number of aromatic nitrogens is 2. The van der Waals surface area contributed by atoms with Crippen LogP contribution in [0.4, 0.5) is 0 Å². The number of hydrogen-bond acceptors (Lipinski definition) is 1. The minimum atomic E-state index is 0.0934.